The van der Waals surface area contributed by atoms with Gasteiger partial charge in [0.1, 0.15) is 17.9 Å². The Kier molecular flexibility index (Phi) is 13.6. The normalized spacial score (nSPS) is 15.2. The van der Waals surface area contributed by atoms with E-state index in [1.54, 1.807) is 6.20 Å². The molecule has 6 N–H and O–H groups in total. The van der Waals surface area contributed by atoms with Crippen LogP contribution in [0.1, 0.15) is 71.8 Å². The van der Waals surface area contributed by atoms with Gasteiger partial charge in [-0.1, -0.05) is 34.1 Å². The number of aliphatic carboxylic acids is 3. The molecule has 5 atom stereocenters. The third-order valence-electron chi connectivity index (χ3n) is 6.88. The quantitative estimate of drug-likeness (QED) is 0.153. The van der Waals surface area contributed by atoms with E-state index in [0.717, 1.165) is 5.69 Å². The van der Waals surface area contributed by atoms with Crippen LogP contribution in [0.3, 0.4) is 0 Å². The molecule has 1 aromatic rings. The van der Waals surface area contributed by atoms with Crippen LogP contribution in [0.5, 0.6) is 0 Å². The summed E-state index contributed by atoms with van der Waals surface area (Å²) < 4.78 is 1.85. The number of carbonyl (C=O) groups excluding carboxylic acids is 2. The summed E-state index contributed by atoms with van der Waals surface area (Å²) in [7, 11) is 1.81. The van der Waals surface area contributed by atoms with Crippen LogP contribution < -0.4 is 16.0 Å². The average molecular weight is 554 g/mol. The number of amides is 2. The van der Waals surface area contributed by atoms with Gasteiger partial charge in [0.05, 0.1) is 24.1 Å². The fourth-order valence-electron chi connectivity index (χ4n) is 4.07. The molecule has 0 aliphatic rings. The first kappa shape index (κ1) is 33.5. The zero-order valence-corrected chi connectivity index (χ0v) is 23.6. The summed E-state index contributed by atoms with van der Waals surface area (Å²) in [5, 5.41) is 35.7. The lowest BCUT2D eigenvalue weighted by molar-refractivity contribution is -0.148. The van der Waals surface area contributed by atoms with Gasteiger partial charge < -0.3 is 30.5 Å². The Morgan fingerprint density at radius 2 is 1.56 bits per heavy atom. The van der Waals surface area contributed by atoms with Crippen molar-refractivity contribution in [2.45, 2.75) is 91.4 Å². The molecule has 0 aromatic carbocycles. The highest BCUT2D eigenvalue weighted by Crippen LogP contribution is 2.16. The molecule has 0 saturated carbocycles. The second-order valence-electron chi connectivity index (χ2n) is 10.3. The fourth-order valence-corrected chi connectivity index (χ4v) is 4.07. The monoisotopic (exact) mass is 553 g/mol. The van der Waals surface area contributed by atoms with E-state index in [1.165, 1.54) is 6.92 Å². The molecule has 39 heavy (non-hydrogen) atoms. The highest BCUT2D eigenvalue weighted by atomic mass is 16.4. The molecule has 0 aliphatic carbocycles. The number of aromatic nitrogens is 2. The van der Waals surface area contributed by atoms with Crippen molar-refractivity contribution in [3.05, 3.63) is 17.7 Å². The Hall–Kier alpha value is -3.48. The summed E-state index contributed by atoms with van der Waals surface area (Å²) in [6.07, 6.45) is 2.97. The molecule has 0 aliphatic heterocycles. The number of hydrogen-bond acceptors (Lipinski definition) is 7. The zero-order valence-electron chi connectivity index (χ0n) is 23.6. The van der Waals surface area contributed by atoms with Crippen LogP contribution in [0.2, 0.25) is 0 Å². The van der Waals surface area contributed by atoms with E-state index < -0.39 is 54.3 Å². The van der Waals surface area contributed by atoms with Crippen molar-refractivity contribution in [1.82, 2.24) is 25.5 Å². The highest BCUT2D eigenvalue weighted by Gasteiger charge is 2.31. The van der Waals surface area contributed by atoms with E-state index in [-0.39, 0.29) is 24.2 Å². The molecule has 13 nitrogen and oxygen atoms in total. The third-order valence-corrected chi connectivity index (χ3v) is 6.88. The Balaban J connectivity index is 2.84. The molecular weight excluding hydrogens is 510 g/mol. The van der Waals surface area contributed by atoms with Crippen LogP contribution in [0, 0.1) is 17.8 Å². The summed E-state index contributed by atoms with van der Waals surface area (Å²) in [5.41, 5.74) is 0.787. The number of carboxylic acid groups (broad SMARTS) is 3. The van der Waals surface area contributed by atoms with E-state index >= 15 is 0 Å². The predicted molar refractivity (Wildman–Crippen MR) is 142 cm³/mol. The van der Waals surface area contributed by atoms with Gasteiger partial charge in [0, 0.05) is 26.2 Å². The number of carboxylic acids is 3. The van der Waals surface area contributed by atoms with Crippen molar-refractivity contribution in [2.24, 2.45) is 24.8 Å². The summed E-state index contributed by atoms with van der Waals surface area (Å²) in [6.45, 7) is 9.08. The maximum absolute atomic E-state index is 13.2. The Morgan fingerprint density at radius 3 is 2.08 bits per heavy atom. The summed E-state index contributed by atoms with van der Waals surface area (Å²) in [6, 6.07) is -2.63. The van der Waals surface area contributed by atoms with Gasteiger partial charge in [-0.05, 0) is 31.6 Å². The number of carbonyl (C=O) groups is 5. The number of imidazole rings is 1. The first-order valence-electron chi connectivity index (χ1n) is 13.2. The number of aryl methyl sites for hydroxylation is 1. The molecule has 1 heterocycles. The van der Waals surface area contributed by atoms with Gasteiger partial charge in [0.2, 0.25) is 11.8 Å². The maximum atomic E-state index is 13.2. The lowest BCUT2D eigenvalue weighted by atomic mass is 9.96. The van der Waals surface area contributed by atoms with E-state index in [2.05, 4.69) is 20.9 Å². The highest BCUT2D eigenvalue weighted by molar-refractivity contribution is 5.92. The lowest BCUT2D eigenvalue weighted by Gasteiger charge is -2.28. The molecule has 0 bridgehead atoms. The zero-order chi connectivity index (χ0) is 29.9. The van der Waals surface area contributed by atoms with Crippen LogP contribution >= 0.6 is 0 Å². The smallest absolute Gasteiger partial charge is 0.325 e. The van der Waals surface area contributed by atoms with Crippen molar-refractivity contribution < 1.29 is 39.3 Å². The standard InChI is InChI=1S/C26H43N5O8/c1-7-15(4)22(24(35)29-16(5)25(36)37)30-23(34)21(14(2)3)28-13-18-12-27-19(31(18)6)10-8-9-17(26(38)39)11-20(32)33/h12,14-17,21-22,28H,7-11,13H2,1-6H3,(H,29,35)(H,30,34)(H,32,33)(H,36,37)(H,38,39)/t15-,16-,17?,21-,22-/m0/s1. The van der Waals surface area contributed by atoms with Crippen molar-refractivity contribution in [2.75, 3.05) is 0 Å². The van der Waals surface area contributed by atoms with E-state index in [4.69, 9.17) is 10.2 Å². The Bertz CT molecular complexity index is 1010. The minimum atomic E-state index is -1.17. The van der Waals surface area contributed by atoms with Crippen LogP contribution in [-0.4, -0.2) is 72.7 Å². The second kappa shape index (κ2) is 15.8. The van der Waals surface area contributed by atoms with E-state index in [1.807, 2.05) is 39.3 Å². The average Bonchev–Trinajstić information content (AvgIpc) is 3.19. The molecule has 0 spiro atoms. The molecule has 1 rings (SSSR count). The van der Waals surface area contributed by atoms with Crippen molar-refractivity contribution in [1.29, 1.82) is 0 Å². The molecule has 220 valence electrons. The second-order valence-corrected chi connectivity index (χ2v) is 10.3. The van der Waals surface area contributed by atoms with Crippen LogP contribution in [0.15, 0.2) is 6.20 Å². The number of hydrogen-bond donors (Lipinski definition) is 6. The fraction of sp³-hybridized carbons (Fsp3) is 0.692. The topological polar surface area (TPSA) is 200 Å². The minimum Gasteiger partial charge on any atom is -0.481 e. The van der Waals surface area contributed by atoms with Gasteiger partial charge in [0.25, 0.3) is 0 Å². The van der Waals surface area contributed by atoms with Crippen molar-refractivity contribution in [3.63, 3.8) is 0 Å². The molecule has 0 saturated heterocycles. The first-order valence-corrected chi connectivity index (χ1v) is 13.2. The molecule has 1 aromatic heterocycles. The van der Waals surface area contributed by atoms with Crippen LogP contribution in [0.4, 0.5) is 0 Å². The predicted octanol–water partition coefficient (Wildman–Crippen LogP) is 1.15. The molecular formula is C26H43N5O8. The molecule has 1 unspecified atom stereocenters. The van der Waals surface area contributed by atoms with Crippen LogP contribution in [-0.2, 0) is 44.0 Å². The molecule has 13 heteroatoms. The Morgan fingerprint density at radius 1 is 0.949 bits per heavy atom. The van der Waals surface area contributed by atoms with Crippen LogP contribution in [0.25, 0.3) is 0 Å². The number of nitrogens with zero attached hydrogens (tertiary/aromatic N) is 2. The third kappa shape index (κ3) is 10.7. The van der Waals surface area contributed by atoms with Gasteiger partial charge in [-0.2, -0.15) is 0 Å². The Labute approximate surface area is 228 Å². The van der Waals surface area contributed by atoms with E-state index in [9.17, 15) is 29.1 Å². The van der Waals surface area contributed by atoms with Gasteiger partial charge in [-0.15, -0.1) is 0 Å². The van der Waals surface area contributed by atoms with Gasteiger partial charge >= 0.3 is 17.9 Å². The molecule has 0 radical (unpaired) electrons. The van der Waals surface area contributed by atoms with Crippen molar-refractivity contribution >= 4 is 29.7 Å². The number of nitrogens with one attached hydrogen (secondary N) is 3. The van der Waals surface area contributed by atoms with Gasteiger partial charge in [-0.3, -0.25) is 29.3 Å². The summed E-state index contributed by atoms with van der Waals surface area (Å²) in [4.78, 5) is 63.6. The van der Waals surface area contributed by atoms with E-state index in [0.29, 0.717) is 31.6 Å². The SMILES string of the molecule is CC[C@H](C)[C@H](NC(=O)[C@@H](NCc1cnc(CCCC(CC(=O)O)C(=O)O)n1C)C(C)C)C(=O)N[C@@H](C)C(=O)O. The van der Waals surface area contributed by atoms with Gasteiger partial charge in [-0.25, -0.2) is 4.98 Å². The first-order chi connectivity index (χ1) is 18.2. The maximum Gasteiger partial charge on any atom is 0.325 e. The number of rotatable bonds is 18. The summed E-state index contributed by atoms with van der Waals surface area (Å²) >= 11 is 0. The minimum absolute atomic E-state index is 0.126. The van der Waals surface area contributed by atoms with Gasteiger partial charge in [0.15, 0.2) is 0 Å². The largest absolute Gasteiger partial charge is 0.481 e. The molecule has 0 fully saturated rings. The molecule has 2 amide bonds. The van der Waals surface area contributed by atoms with Crippen molar-refractivity contribution in [3.8, 4) is 0 Å². The lowest BCUT2D eigenvalue weighted by Crippen LogP contribution is -2.57. The summed E-state index contributed by atoms with van der Waals surface area (Å²) in [5.74, 6) is -4.99.